The van der Waals surface area contributed by atoms with Crippen LogP contribution in [0.3, 0.4) is 0 Å². The summed E-state index contributed by atoms with van der Waals surface area (Å²) >= 11 is 0. The zero-order valence-corrected chi connectivity index (χ0v) is 15.0. The summed E-state index contributed by atoms with van der Waals surface area (Å²) in [4.78, 5) is 28.5. The molecule has 152 valence electrons. The summed E-state index contributed by atoms with van der Waals surface area (Å²) in [5, 5.41) is 10.8. The fraction of sp³-hybridized carbons (Fsp3) is 0.211. The molecule has 1 amide bonds. The first-order valence-corrected chi connectivity index (χ1v) is 8.52. The molecule has 3 rings (SSSR count). The zero-order valence-electron chi connectivity index (χ0n) is 15.0. The van der Waals surface area contributed by atoms with Gasteiger partial charge < -0.3 is 10.4 Å². The molecule has 0 fully saturated rings. The topological polar surface area (TPSA) is 84.2 Å². The van der Waals surface area contributed by atoms with E-state index >= 15 is 0 Å². The quantitative estimate of drug-likeness (QED) is 0.615. The molecule has 0 radical (unpaired) electrons. The monoisotopic (exact) mass is 409 g/mol. The molecule has 3 aromatic rings. The van der Waals surface area contributed by atoms with Crippen LogP contribution in [0.2, 0.25) is 0 Å². The van der Waals surface area contributed by atoms with Gasteiger partial charge in [-0.15, -0.1) is 0 Å². The normalized spacial score (nSPS) is 12.3. The Kier molecular flexibility index (Phi) is 5.53. The zero-order chi connectivity index (χ0) is 21.3. The van der Waals surface area contributed by atoms with Crippen molar-refractivity contribution < 1.29 is 27.5 Å². The van der Waals surface area contributed by atoms with Gasteiger partial charge in [-0.05, 0) is 24.6 Å². The summed E-state index contributed by atoms with van der Waals surface area (Å²) in [5.74, 6) is -2.18. The van der Waals surface area contributed by atoms with Crippen LogP contribution in [-0.4, -0.2) is 20.8 Å². The summed E-state index contributed by atoms with van der Waals surface area (Å²) in [6.07, 6.45) is -4.27. The van der Waals surface area contributed by atoms with Crippen molar-refractivity contribution in [3.05, 3.63) is 69.8 Å². The standard InChI is InChI=1S/C19H15F4N3O3/c1-2-13(25-19(28)29)17-24-14-5-3-4-12(16(22)23)15(14)18(27)26(17)11-7-9(20)6-10(21)8-11/h3-8,13,16,25H,2H2,1H3,(H,28,29). The van der Waals surface area contributed by atoms with Crippen molar-refractivity contribution >= 4 is 17.0 Å². The van der Waals surface area contributed by atoms with Gasteiger partial charge in [0.05, 0.1) is 22.6 Å². The Morgan fingerprint density at radius 1 is 1.21 bits per heavy atom. The molecular weight excluding hydrogens is 394 g/mol. The van der Waals surface area contributed by atoms with Crippen molar-refractivity contribution in [1.29, 1.82) is 0 Å². The SMILES string of the molecule is CCC(NC(=O)O)c1nc2cccc(C(F)F)c2c(=O)n1-c1cc(F)cc(F)c1. The molecule has 1 aromatic heterocycles. The number of carboxylic acid groups (broad SMARTS) is 1. The van der Waals surface area contributed by atoms with Crippen LogP contribution >= 0.6 is 0 Å². The maximum Gasteiger partial charge on any atom is 0.405 e. The van der Waals surface area contributed by atoms with Crippen LogP contribution in [0.5, 0.6) is 0 Å². The van der Waals surface area contributed by atoms with Crippen LogP contribution < -0.4 is 10.9 Å². The van der Waals surface area contributed by atoms with Crippen molar-refractivity contribution in [2.45, 2.75) is 25.8 Å². The Labute approximate surface area is 161 Å². The summed E-state index contributed by atoms with van der Waals surface area (Å²) < 4.78 is 55.2. The Morgan fingerprint density at radius 2 is 1.86 bits per heavy atom. The molecule has 0 bridgehead atoms. The number of fused-ring (bicyclic) bond motifs is 1. The van der Waals surface area contributed by atoms with E-state index in [2.05, 4.69) is 10.3 Å². The minimum atomic E-state index is -2.99. The van der Waals surface area contributed by atoms with Gasteiger partial charge in [-0.1, -0.05) is 19.1 Å². The van der Waals surface area contributed by atoms with Gasteiger partial charge in [-0.25, -0.2) is 27.3 Å². The number of benzene rings is 2. The number of rotatable bonds is 5. The third kappa shape index (κ3) is 3.91. The van der Waals surface area contributed by atoms with Crippen LogP contribution in [0.1, 0.15) is 37.2 Å². The van der Waals surface area contributed by atoms with Gasteiger partial charge in [0.25, 0.3) is 12.0 Å². The van der Waals surface area contributed by atoms with Crippen molar-refractivity contribution in [2.24, 2.45) is 0 Å². The number of hydrogen-bond acceptors (Lipinski definition) is 3. The average Bonchev–Trinajstić information content (AvgIpc) is 2.64. The summed E-state index contributed by atoms with van der Waals surface area (Å²) in [6, 6.07) is 4.89. The summed E-state index contributed by atoms with van der Waals surface area (Å²) in [6.45, 7) is 1.60. The molecule has 0 spiro atoms. The first-order chi connectivity index (χ1) is 13.7. The molecule has 0 aliphatic rings. The van der Waals surface area contributed by atoms with Gasteiger partial charge in [-0.2, -0.15) is 0 Å². The van der Waals surface area contributed by atoms with Crippen molar-refractivity contribution in [2.75, 3.05) is 0 Å². The smallest absolute Gasteiger partial charge is 0.405 e. The number of halogens is 4. The van der Waals surface area contributed by atoms with E-state index in [1.807, 2.05) is 0 Å². The highest BCUT2D eigenvalue weighted by atomic mass is 19.3. The van der Waals surface area contributed by atoms with E-state index in [9.17, 15) is 27.2 Å². The molecule has 1 atom stereocenters. The first-order valence-electron chi connectivity index (χ1n) is 8.52. The minimum Gasteiger partial charge on any atom is -0.465 e. The highest BCUT2D eigenvalue weighted by molar-refractivity contribution is 5.82. The van der Waals surface area contributed by atoms with Crippen molar-refractivity contribution in [3.8, 4) is 5.69 Å². The second kappa shape index (κ2) is 7.90. The van der Waals surface area contributed by atoms with Crippen LogP contribution in [0.15, 0.2) is 41.2 Å². The van der Waals surface area contributed by atoms with Crippen LogP contribution in [0.25, 0.3) is 16.6 Å². The molecule has 0 aliphatic carbocycles. The Morgan fingerprint density at radius 3 is 2.41 bits per heavy atom. The molecule has 0 saturated carbocycles. The molecular formula is C19H15F4N3O3. The van der Waals surface area contributed by atoms with Gasteiger partial charge >= 0.3 is 6.09 Å². The fourth-order valence-corrected chi connectivity index (χ4v) is 3.10. The second-order valence-electron chi connectivity index (χ2n) is 6.19. The molecule has 29 heavy (non-hydrogen) atoms. The lowest BCUT2D eigenvalue weighted by Gasteiger charge is -2.21. The molecule has 2 aromatic carbocycles. The molecule has 6 nitrogen and oxygen atoms in total. The molecule has 1 heterocycles. The average molecular weight is 409 g/mol. The third-order valence-electron chi connectivity index (χ3n) is 4.31. The summed E-state index contributed by atoms with van der Waals surface area (Å²) in [7, 11) is 0. The predicted molar refractivity (Wildman–Crippen MR) is 96.4 cm³/mol. The van der Waals surface area contributed by atoms with Crippen LogP contribution in [0, 0.1) is 11.6 Å². The molecule has 0 aliphatic heterocycles. The molecule has 10 heteroatoms. The highest BCUT2D eigenvalue weighted by Gasteiger charge is 2.24. The van der Waals surface area contributed by atoms with Crippen LogP contribution in [-0.2, 0) is 0 Å². The number of hydrogen-bond donors (Lipinski definition) is 2. The Balaban J connectivity index is 2.45. The van der Waals surface area contributed by atoms with E-state index in [0.29, 0.717) is 6.07 Å². The predicted octanol–water partition coefficient (Wildman–Crippen LogP) is 4.32. The fourth-order valence-electron chi connectivity index (χ4n) is 3.10. The Bertz CT molecular complexity index is 1130. The molecule has 2 N–H and O–H groups in total. The van der Waals surface area contributed by atoms with Crippen LogP contribution in [0.4, 0.5) is 22.4 Å². The van der Waals surface area contributed by atoms with Gasteiger partial charge in [-0.3, -0.25) is 9.36 Å². The van der Waals surface area contributed by atoms with Crippen molar-refractivity contribution in [3.63, 3.8) is 0 Å². The van der Waals surface area contributed by atoms with Gasteiger partial charge in [0, 0.05) is 11.6 Å². The van der Waals surface area contributed by atoms with E-state index in [1.54, 1.807) is 6.92 Å². The number of nitrogens with one attached hydrogen (secondary N) is 1. The van der Waals surface area contributed by atoms with Crippen molar-refractivity contribution in [1.82, 2.24) is 14.9 Å². The number of aromatic nitrogens is 2. The lowest BCUT2D eigenvalue weighted by molar-refractivity contribution is 0.153. The largest absolute Gasteiger partial charge is 0.465 e. The second-order valence-corrected chi connectivity index (χ2v) is 6.19. The minimum absolute atomic E-state index is 0.0819. The maximum atomic E-state index is 13.8. The van der Waals surface area contributed by atoms with Gasteiger partial charge in [0.15, 0.2) is 0 Å². The number of alkyl halides is 2. The van der Waals surface area contributed by atoms with E-state index in [-0.39, 0.29) is 23.4 Å². The van der Waals surface area contributed by atoms with E-state index in [1.165, 1.54) is 12.1 Å². The summed E-state index contributed by atoms with van der Waals surface area (Å²) in [5.41, 5.74) is -1.96. The Hall–Kier alpha value is -3.43. The van der Waals surface area contributed by atoms with E-state index in [0.717, 1.165) is 22.8 Å². The first kappa shape index (κ1) is 20.3. The molecule has 1 unspecified atom stereocenters. The van der Waals surface area contributed by atoms with E-state index < -0.39 is 46.7 Å². The maximum absolute atomic E-state index is 13.8. The number of carbonyl (C=O) groups is 1. The lowest BCUT2D eigenvalue weighted by atomic mass is 10.1. The van der Waals surface area contributed by atoms with Gasteiger partial charge in [0.1, 0.15) is 17.5 Å². The van der Waals surface area contributed by atoms with E-state index in [4.69, 9.17) is 5.11 Å². The van der Waals surface area contributed by atoms with Gasteiger partial charge in [0.2, 0.25) is 0 Å². The highest BCUT2D eigenvalue weighted by Crippen LogP contribution is 2.27. The molecule has 0 saturated heterocycles. The number of nitrogens with zero attached hydrogens (tertiary/aromatic N) is 2. The third-order valence-corrected chi connectivity index (χ3v) is 4.31. The lowest BCUT2D eigenvalue weighted by Crippen LogP contribution is -2.34. The number of amides is 1.